The maximum absolute atomic E-state index is 13.4. The van der Waals surface area contributed by atoms with E-state index in [0.29, 0.717) is 5.56 Å². The molecule has 200 valence electrons. The third kappa shape index (κ3) is 10.4. The summed E-state index contributed by atoms with van der Waals surface area (Å²) in [6.45, 7) is 5.05. The smallest absolute Gasteiger partial charge is 0.408 e. The minimum atomic E-state index is -1.26. The van der Waals surface area contributed by atoms with E-state index in [1.165, 1.54) is 12.1 Å². The Hall–Kier alpha value is -3.73. The molecule has 11 heteroatoms. The zero-order valence-electron chi connectivity index (χ0n) is 20.9. The van der Waals surface area contributed by atoms with Crippen LogP contribution in [-0.2, 0) is 32.0 Å². The number of hydrogen-bond donors (Lipinski definition) is 6. The van der Waals surface area contributed by atoms with Crippen molar-refractivity contribution in [2.45, 2.75) is 57.3 Å². The number of phenols is 1. The number of benzene rings is 2. The number of carbonyl (C=O) groups excluding carboxylic acids is 3. The predicted octanol–water partition coefficient (Wildman–Crippen LogP) is 2.05. The number of carboxylic acids is 1. The summed E-state index contributed by atoms with van der Waals surface area (Å²) in [5.41, 5.74) is 0.563. The summed E-state index contributed by atoms with van der Waals surface area (Å²) in [4.78, 5) is 50.3. The highest BCUT2D eigenvalue weighted by Gasteiger charge is 2.30. The Morgan fingerprint density at radius 3 is 1.78 bits per heavy atom. The highest BCUT2D eigenvalue weighted by molar-refractivity contribution is 7.80. The quantitative estimate of drug-likeness (QED) is 0.243. The minimum absolute atomic E-state index is 0.0411. The van der Waals surface area contributed by atoms with Crippen LogP contribution in [0.1, 0.15) is 31.9 Å². The van der Waals surface area contributed by atoms with Crippen LogP contribution in [0.15, 0.2) is 54.6 Å². The van der Waals surface area contributed by atoms with Gasteiger partial charge in [0.2, 0.25) is 11.8 Å². The summed E-state index contributed by atoms with van der Waals surface area (Å²) >= 11 is 3.97. The van der Waals surface area contributed by atoms with Crippen molar-refractivity contribution in [1.82, 2.24) is 16.0 Å². The minimum Gasteiger partial charge on any atom is -0.508 e. The van der Waals surface area contributed by atoms with E-state index in [1.54, 1.807) is 63.2 Å². The molecule has 0 aliphatic heterocycles. The van der Waals surface area contributed by atoms with Gasteiger partial charge in [-0.05, 0) is 44.0 Å². The second-order valence-corrected chi connectivity index (χ2v) is 9.77. The molecule has 0 spiro atoms. The number of aromatic hydroxyl groups is 1. The van der Waals surface area contributed by atoms with Crippen molar-refractivity contribution in [1.29, 1.82) is 0 Å². The first kappa shape index (κ1) is 29.5. The number of ether oxygens (including phenoxy) is 1. The topological polar surface area (TPSA) is 154 Å². The molecule has 0 saturated heterocycles. The Bertz CT molecular complexity index is 1070. The number of aliphatic carboxylic acids is 1. The van der Waals surface area contributed by atoms with Gasteiger partial charge in [0.15, 0.2) is 0 Å². The molecule has 5 N–H and O–H groups in total. The molecule has 37 heavy (non-hydrogen) atoms. The van der Waals surface area contributed by atoms with E-state index in [4.69, 9.17) is 4.74 Å². The van der Waals surface area contributed by atoms with Gasteiger partial charge >= 0.3 is 12.1 Å². The summed E-state index contributed by atoms with van der Waals surface area (Å²) in [7, 11) is 0. The van der Waals surface area contributed by atoms with Crippen LogP contribution in [-0.4, -0.2) is 63.6 Å². The van der Waals surface area contributed by atoms with Gasteiger partial charge < -0.3 is 30.9 Å². The number of rotatable bonds is 11. The van der Waals surface area contributed by atoms with Gasteiger partial charge in [0.1, 0.15) is 29.5 Å². The zero-order chi connectivity index (χ0) is 27.6. The van der Waals surface area contributed by atoms with E-state index in [0.717, 1.165) is 5.56 Å². The van der Waals surface area contributed by atoms with E-state index in [-0.39, 0.29) is 24.3 Å². The lowest BCUT2D eigenvalue weighted by molar-refractivity contribution is -0.141. The highest BCUT2D eigenvalue weighted by atomic mass is 32.1. The van der Waals surface area contributed by atoms with Crippen LogP contribution in [0.25, 0.3) is 0 Å². The van der Waals surface area contributed by atoms with Crippen molar-refractivity contribution in [2.75, 3.05) is 5.75 Å². The van der Waals surface area contributed by atoms with Gasteiger partial charge in [-0.3, -0.25) is 9.59 Å². The van der Waals surface area contributed by atoms with Crippen molar-refractivity contribution in [2.24, 2.45) is 0 Å². The Kier molecular flexibility index (Phi) is 10.8. The first-order chi connectivity index (χ1) is 17.4. The van der Waals surface area contributed by atoms with Crippen molar-refractivity contribution < 1.29 is 34.1 Å². The van der Waals surface area contributed by atoms with Crippen LogP contribution < -0.4 is 16.0 Å². The van der Waals surface area contributed by atoms with Crippen LogP contribution in [0.2, 0.25) is 0 Å². The predicted molar refractivity (Wildman–Crippen MR) is 140 cm³/mol. The monoisotopic (exact) mass is 531 g/mol. The van der Waals surface area contributed by atoms with E-state index in [1.807, 2.05) is 0 Å². The first-order valence-corrected chi connectivity index (χ1v) is 12.3. The van der Waals surface area contributed by atoms with Gasteiger partial charge in [-0.2, -0.15) is 12.6 Å². The van der Waals surface area contributed by atoms with Crippen LogP contribution >= 0.6 is 12.6 Å². The number of carboxylic acid groups (broad SMARTS) is 1. The van der Waals surface area contributed by atoms with Gasteiger partial charge in [0.05, 0.1) is 0 Å². The van der Waals surface area contributed by atoms with Crippen molar-refractivity contribution in [3.8, 4) is 5.75 Å². The molecule has 0 saturated carbocycles. The van der Waals surface area contributed by atoms with E-state index < -0.39 is 47.6 Å². The standard InChI is InChI=1S/C26H33N3O7S/c1-26(2,3)36-25(35)29-20(14-17-9-11-18(30)12-10-17)23(32)27-19(13-16-7-5-4-6-8-16)22(31)28-21(15-37)24(33)34/h4-12,19-21,30,37H,13-15H2,1-3H3,(H,27,32)(H,28,31)(H,29,35)(H,33,34)/t19-,20+,21-/m0/s1. The Balaban J connectivity index is 2.29. The lowest BCUT2D eigenvalue weighted by atomic mass is 10.0. The third-order valence-electron chi connectivity index (χ3n) is 5.10. The zero-order valence-corrected chi connectivity index (χ0v) is 21.8. The van der Waals surface area contributed by atoms with Crippen molar-refractivity contribution in [3.63, 3.8) is 0 Å². The largest absolute Gasteiger partial charge is 0.508 e. The average Bonchev–Trinajstić information content (AvgIpc) is 2.82. The lowest BCUT2D eigenvalue weighted by Gasteiger charge is -2.26. The number of hydrogen-bond acceptors (Lipinski definition) is 7. The third-order valence-corrected chi connectivity index (χ3v) is 5.46. The molecule has 0 fully saturated rings. The number of amides is 3. The van der Waals surface area contributed by atoms with Gasteiger partial charge in [0, 0.05) is 18.6 Å². The van der Waals surface area contributed by atoms with Crippen LogP contribution in [0, 0.1) is 0 Å². The Labute approximate surface area is 221 Å². The molecule has 3 amide bonds. The number of phenolic OH excluding ortho intramolecular Hbond substituents is 1. The Morgan fingerprint density at radius 1 is 0.811 bits per heavy atom. The van der Waals surface area contributed by atoms with E-state index >= 15 is 0 Å². The van der Waals surface area contributed by atoms with Crippen LogP contribution in [0.5, 0.6) is 5.75 Å². The SMILES string of the molecule is CC(C)(C)OC(=O)N[C@H](Cc1ccc(O)cc1)C(=O)N[C@@H](Cc1ccccc1)C(=O)N[C@@H](CS)C(=O)O. The van der Waals surface area contributed by atoms with Crippen LogP contribution in [0.4, 0.5) is 4.79 Å². The van der Waals surface area contributed by atoms with E-state index in [2.05, 4.69) is 28.6 Å². The van der Waals surface area contributed by atoms with Crippen LogP contribution in [0.3, 0.4) is 0 Å². The summed E-state index contributed by atoms with van der Waals surface area (Å²) in [6.07, 6.45) is -0.703. The lowest BCUT2D eigenvalue weighted by Crippen LogP contribution is -2.57. The van der Waals surface area contributed by atoms with E-state index in [9.17, 15) is 29.4 Å². The summed E-state index contributed by atoms with van der Waals surface area (Å²) < 4.78 is 5.29. The molecule has 0 aromatic heterocycles. The maximum Gasteiger partial charge on any atom is 0.408 e. The normalized spacial score (nSPS) is 13.5. The summed E-state index contributed by atoms with van der Waals surface area (Å²) in [5.74, 6) is -2.74. The molecule has 0 unspecified atom stereocenters. The number of thiol groups is 1. The molecule has 0 aliphatic rings. The molecule has 0 radical (unpaired) electrons. The molecule has 0 bridgehead atoms. The second kappa shape index (κ2) is 13.5. The van der Waals surface area contributed by atoms with Crippen molar-refractivity contribution in [3.05, 3.63) is 65.7 Å². The number of carbonyl (C=O) groups is 4. The molecule has 10 nitrogen and oxygen atoms in total. The molecule has 2 aromatic carbocycles. The molecule has 2 aromatic rings. The fraction of sp³-hybridized carbons (Fsp3) is 0.385. The highest BCUT2D eigenvalue weighted by Crippen LogP contribution is 2.13. The molecule has 0 heterocycles. The van der Waals surface area contributed by atoms with Gasteiger partial charge in [-0.25, -0.2) is 9.59 Å². The fourth-order valence-corrected chi connectivity index (χ4v) is 3.56. The number of nitrogens with one attached hydrogen (secondary N) is 3. The average molecular weight is 532 g/mol. The van der Waals surface area contributed by atoms with Gasteiger partial charge in [-0.15, -0.1) is 0 Å². The second-order valence-electron chi connectivity index (χ2n) is 9.40. The molecular weight excluding hydrogens is 498 g/mol. The van der Waals surface area contributed by atoms with Gasteiger partial charge in [0.25, 0.3) is 0 Å². The molecule has 2 rings (SSSR count). The van der Waals surface area contributed by atoms with Gasteiger partial charge in [-0.1, -0.05) is 42.5 Å². The summed E-state index contributed by atoms with van der Waals surface area (Å²) in [6, 6.07) is 11.5. The molecule has 0 aliphatic carbocycles. The summed E-state index contributed by atoms with van der Waals surface area (Å²) in [5, 5.41) is 26.4. The molecular formula is C26H33N3O7S. The Morgan fingerprint density at radius 2 is 1.30 bits per heavy atom. The maximum atomic E-state index is 13.4. The first-order valence-electron chi connectivity index (χ1n) is 11.6. The number of alkyl carbamates (subject to hydrolysis) is 1. The van der Waals surface area contributed by atoms with Crippen molar-refractivity contribution >= 4 is 36.5 Å². The fourth-order valence-electron chi connectivity index (χ4n) is 3.32. The molecule has 3 atom stereocenters.